The zero-order valence-electron chi connectivity index (χ0n) is 17.2. The van der Waals surface area contributed by atoms with Crippen LogP contribution in [0.25, 0.3) is 10.9 Å². The lowest BCUT2D eigenvalue weighted by atomic mass is 9.94. The van der Waals surface area contributed by atoms with E-state index in [4.69, 9.17) is 4.74 Å². The third-order valence-corrected chi connectivity index (χ3v) is 5.82. The Hall–Kier alpha value is -3.74. The standard InChI is InChI=1S/C24H21FN4O2/c1-14-19(12-16-11-17(25)5-8-20(16)28-14)24(30)29-10-9-21-22(27-13-26-21)23(29)15-3-6-18(31-2)7-4-15/h3-8,11-13,23H,9-10H2,1-2H3,(H,26,27)/t23-/m0/s1. The maximum atomic E-state index is 13.8. The molecule has 4 aromatic rings. The average molecular weight is 416 g/mol. The van der Waals surface area contributed by atoms with Gasteiger partial charge in [-0.15, -0.1) is 0 Å². The average Bonchev–Trinajstić information content (AvgIpc) is 3.27. The summed E-state index contributed by atoms with van der Waals surface area (Å²) in [5, 5.41) is 0.604. The highest BCUT2D eigenvalue weighted by molar-refractivity contribution is 5.99. The summed E-state index contributed by atoms with van der Waals surface area (Å²) < 4.78 is 19.0. The highest BCUT2D eigenvalue weighted by atomic mass is 19.1. The number of H-pyrrole nitrogens is 1. The van der Waals surface area contributed by atoms with Crippen molar-refractivity contribution in [1.29, 1.82) is 0 Å². The van der Waals surface area contributed by atoms with E-state index < -0.39 is 0 Å². The molecule has 2 aromatic heterocycles. The van der Waals surface area contributed by atoms with Crippen molar-refractivity contribution in [2.45, 2.75) is 19.4 Å². The van der Waals surface area contributed by atoms with E-state index in [1.165, 1.54) is 12.1 Å². The molecule has 6 nitrogen and oxygen atoms in total. The molecule has 1 aliphatic heterocycles. The molecule has 0 bridgehead atoms. The van der Waals surface area contributed by atoms with Crippen LogP contribution in [-0.2, 0) is 6.42 Å². The molecule has 3 heterocycles. The predicted molar refractivity (Wildman–Crippen MR) is 115 cm³/mol. The van der Waals surface area contributed by atoms with E-state index in [2.05, 4.69) is 15.0 Å². The number of carbonyl (C=O) groups excluding carboxylic acids is 1. The summed E-state index contributed by atoms with van der Waals surface area (Å²) in [5.74, 6) is 0.244. The van der Waals surface area contributed by atoms with Gasteiger partial charge in [0, 0.05) is 24.0 Å². The summed E-state index contributed by atoms with van der Waals surface area (Å²) in [6.07, 6.45) is 2.35. The smallest absolute Gasteiger partial charge is 0.256 e. The molecule has 1 aliphatic rings. The summed E-state index contributed by atoms with van der Waals surface area (Å²) in [4.78, 5) is 27.8. The first-order chi connectivity index (χ1) is 15.0. The Morgan fingerprint density at radius 3 is 2.77 bits per heavy atom. The molecule has 31 heavy (non-hydrogen) atoms. The van der Waals surface area contributed by atoms with E-state index in [-0.39, 0.29) is 17.8 Å². The Labute approximate surface area is 178 Å². The van der Waals surface area contributed by atoms with Gasteiger partial charge in [0.1, 0.15) is 17.6 Å². The van der Waals surface area contributed by atoms with E-state index in [9.17, 15) is 9.18 Å². The molecule has 1 N–H and O–H groups in total. The highest BCUT2D eigenvalue weighted by Crippen LogP contribution is 2.35. The third-order valence-electron chi connectivity index (χ3n) is 5.82. The van der Waals surface area contributed by atoms with Crippen LogP contribution in [0, 0.1) is 12.7 Å². The number of rotatable bonds is 3. The van der Waals surface area contributed by atoms with Crippen molar-refractivity contribution in [3.63, 3.8) is 0 Å². The number of nitrogens with one attached hydrogen (secondary N) is 1. The van der Waals surface area contributed by atoms with Gasteiger partial charge in [0.25, 0.3) is 5.91 Å². The van der Waals surface area contributed by atoms with Crippen LogP contribution in [0.1, 0.15) is 39.0 Å². The zero-order valence-corrected chi connectivity index (χ0v) is 17.2. The van der Waals surface area contributed by atoms with Crippen LogP contribution in [0.2, 0.25) is 0 Å². The van der Waals surface area contributed by atoms with E-state index in [0.29, 0.717) is 35.1 Å². The van der Waals surface area contributed by atoms with Crippen LogP contribution in [-0.4, -0.2) is 39.4 Å². The first-order valence-electron chi connectivity index (χ1n) is 10.1. The van der Waals surface area contributed by atoms with Gasteiger partial charge in [-0.2, -0.15) is 0 Å². The second-order valence-corrected chi connectivity index (χ2v) is 7.65. The third kappa shape index (κ3) is 3.32. The number of amides is 1. The first-order valence-corrected chi connectivity index (χ1v) is 10.1. The molecule has 0 saturated carbocycles. The van der Waals surface area contributed by atoms with E-state index in [1.807, 2.05) is 36.1 Å². The number of nitrogens with zero attached hydrogens (tertiary/aromatic N) is 3. The quantitative estimate of drug-likeness (QED) is 0.543. The number of pyridine rings is 1. The lowest BCUT2D eigenvalue weighted by molar-refractivity contribution is 0.0689. The van der Waals surface area contributed by atoms with Crippen molar-refractivity contribution in [1.82, 2.24) is 19.9 Å². The van der Waals surface area contributed by atoms with Gasteiger partial charge in [0.2, 0.25) is 0 Å². The second kappa shape index (κ2) is 7.50. The molecule has 156 valence electrons. The molecule has 2 aromatic carbocycles. The Bertz CT molecular complexity index is 1280. The van der Waals surface area contributed by atoms with Gasteiger partial charge < -0.3 is 14.6 Å². The molecule has 0 saturated heterocycles. The van der Waals surface area contributed by atoms with Crippen LogP contribution in [0.4, 0.5) is 4.39 Å². The summed E-state index contributed by atoms with van der Waals surface area (Å²) in [5.41, 5.74) is 4.55. The van der Waals surface area contributed by atoms with Crippen molar-refractivity contribution < 1.29 is 13.9 Å². The van der Waals surface area contributed by atoms with Crippen molar-refractivity contribution in [3.05, 3.63) is 88.9 Å². The van der Waals surface area contributed by atoms with Gasteiger partial charge in [-0.25, -0.2) is 9.37 Å². The van der Waals surface area contributed by atoms with E-state index in [0.717, 1.165) is 22.7 Å². The van der Waals surface area contributed by atoms with Gasteiger partial charge in [0.05, 0.1) is 35.9 Å². The molecular weight excluding hydrogens is 395 g/mol. The first kappa shape index (κ1) is 19.2. The minimum atomic E-state index is -0.355. The predicted octanol–water partition coefficient (Wildman–Crippen LogP) is 4.20. The number of fused-ring (bicyclic) bond motifs is 2. The van der Waals surface area contributed by atoms with Crippen molar-refractivity contribution in [2.24, 2.45) is 0 Å². The maximum Gasteiger partial charge on any atom is 0.256 e. The highest BCUT2D eigenvalue weighted by Gasteiger charge is 2.35. The number of aromatic amines is 1. The fourth-order valence-electron chi connectivity index (χ4n) is 4.23. The number of aryl methyl sites for hydroxylation is 1. The topological polar surface area (TPSA) is 71.1 Å². The molecule has 1 amide bonds. The molecule has 0 radical (unpaired) electrons. The molecule has 5 rings (SSSR count). The molecule has 7 heteroatoms. The van der Waals surface area contributed by atoms with Crippen molar-refractivity contribution in [2.75, 3.05) is 13.7 Å². The van der Waals surface area contributed by atoms with Crippen LogP contribution < -0.4 is 4.74 Å². The molecular formula is C24H21FN4O2. The number of ether oxygens (including phenoxy) is 1. The summed E-state index contributed by atoms with van der Waals surface area (Å²) in [6, 6.07) is 13.5. The largest absolute Gasteiger partial charge is 0.497 e. The van der Waals surface area contributed by atoms with E-state index in [1.54, 1.807) is 25.6 Å². The fourth-order valence-corrected chi connectivity index (χ4v) is 4.23. The number of carbonyl (C=O) groups is 1. The van der Waals surface area contributed by atoms with Crippen LogP contribution in [0.3, 0.4) is 0 Å². The Morgan fingerprint density at radius 2 is 2.00 bits per heavy atom. The Kier molecular flexibility index (Phi) is 4.66. The van der Waals surface area contributed by atoms with Gasteiger partial charge in [-0.1, -0.05) is 12.1 Å². The Morgan fingerprint density at radius 1 is 1.19 bits per heavy atom. The molecule has 1 atom stereocenters. The number of benzene rings is 2. The number of methoxy groups -OCH3 is 1. The summed E-state index contributed by atoms with van der Waals surface area (Å²) in [7, 11) is 1.62. The van der Waals surface area contributed by atoms with Gasteiger partial charge in [0.15, 0.2) is 0 Å². The number of imidazole rings is 1. The lowest BCUT2D eigenvalue weighted by Crippen LogP contribution is -2.41. The van der Waals surface area contributed by atoms with Gasteiger partial charge in [-0.3, -0.25) is 9.78 Å². The molecule has 0 unspecified atom stereocenters. The number of hydrogen-bond acceptors (Lipinski definition) is 4. The maximum absolute atomic E-state index is 13.8. The Balaban J connectivity index is 1.59. The minimum absolute atomic E-state index is 0.148. The summed E-state index contributed by atoms with van der Waals surface area (Å²) >= 11 is 0. The molecule has 0 fully saturated rings. The van der Waals surface area contributed by atoms with Crippen LogP contribution in [0.15, 0.2) is 54.9 Å². The minimum Gasteiger partial charge on any atom is -0.497 e. The summed E-state index contributed by atoms with van der Waals surface area (Å²) in [6.45, 7) is 2.34. The monoisotopic (exact) mass is 416 g/mol. The van der Waals surface area contributed by atoms with Gasteiger partial charge >= 0.3 is 0 Å². The number of halogens is 1. The lowest BCUT2D eigenvalue weighted by Gasteiger charge is -2.35. The van der Waals surface area contributed by atoms with Crippen molar-refractivity contribution in [3.8, 4) is 5.75 Å². The second-order valence-electron chi connectivity index (χ2n) is 7.65. The number of aromatic nitrogens is 3. The van der Waals surface area contributed by atoms with Crippen molar-refractivity contribution >= 4 is 16.8 Å². The molecule has 0 aliphatic carbocycles. The van der Waals surface area contributed by atoms with Crippen LogP contribution in [0.5, 0.6) is 5.75 Å². The SMILES string of the molecule is COc1ccc([C@H]2c3nc[nH]c3CCN2C(=O)c2cc3cc(F)ccc3nc2C)cc1. The van der Waals surface area contributed by atoms with Gasteiger partial charge in [-0.05, 0) is 48.9 Å². The zero-order chi connectivity index (χ0) is 21.5. The number of hydrogen-bond donors (Lipinski definition) is 1. The normalized spacial score (nSPS) is 15.7. The van der Waals surface area contributed by atoms with E-state index >= 15 is 0 Å². The fraction of sp³-hybridized carbons (Fsp3) is 0.208. The van der Waals surface area contributed by atoms with Crippen LogP contribution >= 0.6 is 0 Å². The molecule has 0 spiro atoms.